The van der Waals surface area contributed by atoms with E-state index in [-0.39, 0.29) is 17.9 Å². The van der Waals surface area contributed by atoms with Crippen molar-refractivity contribution in [2.75, 3.05) is 19.8 Å². The van der Waals surface area contributed by atoms with Crippen molar-refractivity contribution in [3.63, 3.8) is 0 Å². The van der Waals surface area contributed by atoms with E-state index in [1.807, 2.05) is 0 Å². The lowest BCUT2D eigenvalue weighted by Gasteiger charge is -2.26. The second-order valence-corrected chi connectivity index (χ2v) is 6.36. The molecule has 2 aliphatic rings. The molecule has 1 saturated carbocycles. The molecule has 1 amide bonds. The van der Waals surface area contributed by atoms with Gasteiger partial charge >= 0.3 is 0 Å². The fourth-order valence-electron chi connectivity index (χ4n) is 3.54. The molecule has 116 valence electrons. The van der Waals surface area contributed by atoms with Crippen LogP contribution in [0.2, 0.25) is 0 Å². The van der Waals surface area contributed by atoms with Crippen LogP contribution in [0.5, 0.6) is 0 Å². The Bertz CT molecular complexity index is 301. The number of carbonyl (C=O) groups is 1. The van der Waals surface area contributed by atoms with Crippen molar-refractivity contribution < 1.29 is 9.53 Å². The molecule has 3 atom stereocenters. The van der Waals surface area contributed by atoms with E-state index in [9.17, 15) is 4.79 Å². The van der Waals surface area contributed by atoms with Crippen LogP contribution < -0.4 is 10.6 Å². The van der Waals surface area contributed by atoms with E-state index in [4.69, 9.17) is 4.74 Å². The fraction of sp³-hybridized carbons (Fsp3) is 0.938. The van der Waals surface area contributed by atoms with Gasteiger partial charge in [-0.25, -0.2) is 0 Å². The second kappa shape index (κ2) is 7.99. The molecule has 1 heterocycles. The van der Waals surface area contributed by atoms with Crippen molar-refractivity contribution in [3.05, 3.63) is 0 Å². The molecule has 1 saturated heterocycles. The zero-order valence-electron chi connectivity index (χ0n) is 13.0. The molecule has 0 spiro atoms. The minimum atomic E-state index is -0.0248. The Kier molecular flexibility index (Phi) is 6.30. The summed E-state index contributed by atoms with van der Waals surface area (Å²) in [4.78, 5) is 12.4. The lowest BCUT2D eigenvalue weighted by molar-refractivity contribution is -0.126. The second-order valence-electron chi connectivity index (χ2n) is 6.36. The van der Waals surface area contributed by atoms with E-state index < -0.39 is 0 Å². The average molecular weight is 282 g/mol. The topological polar surface area (TPSA) is 50.4 Å². The van der Waals surface area contributed by atoms with Crippen LogP contribution in [0, 0.1) is 11.8 Å². The minimum Gasteiger partial charge on any atom is -0.379 e. The van der Waals surface area contributed by atoms with Crippen LogP contribution in [0.25, 0.3) is 0 Å². The van der Waals surface area contributed by atoms with Crippen molar-refractivity contribution in [1.29, 1.82) is 0 Å². The number of hydrogen-bond donors (Lipinski definition) is 2. The van der Waals surface area contributed by atoms with Crippen molar-refractivity contribution >= 4 is 5.91 Å². The van der Waals surface area contributed by atoms with Crippen LogP contribution >= 0.6 is 0 Å². The lowest BCUT2D eigenvalue weighted by Crippen LogP contribution is -2.47. The molecule has 0 aromatic rings. The molecule has 0 radical (unpaired) electrons. The third-order valence-corrected chi connectivity index (χ3v) is 4.86. The van der Waals surface area contributed by atoms with Gasteiger partial charge in [-0.2, -0.15) is 0 Å². The maximum atomic E-state index is 12.4. The Morgan fingerprint density at radius 3 is 2.55 bits per heavy atom. The highest BCUT2D eigenvalue weighted by Crippen LogP contribution is 2.26. The normalized spacial score (nSPS) is 29.9. The average Bonchev–Trinajstić information content (AvgIpc) is 2.73. The van der Waals surface area contributed by atoms with Gasteiger partial charge in [0.1, 0.15) is 0 Å². The van der Waals surface area contributed by atoms with Gasteiger partial charge in [0.25, 0.3) is 0 Å². The van der Waals surface area contributed by atoms with E-state index >= 15 is 0 Å². The maximum Gasteiger partial charge on any atom is 0.227 e. The molecule has 0 bridgehead atoms. The molecule has 2 fully saturated rings. The molecule has 1 aliphatic heterocycles. The number of likely N-dealkylation sites (N-methyl/N-ethyl adjacent to an activating group) is 1. The molecule has 0 aromatic carbocycles. The molecule has 0 aromatic heterocycles. The summed E-state index contributed by atoms with van der Waals surface area (Å²) < 4.78 is 5.47. The van der Waals surface area contributed by atoms with Gasteiger partial charge in [0, 0.05) is 12.1 Å². The van der Waals surface area contributed by atoms with Crippen LogP contribution in [-0.2, 0) is 9.53 Å². The predicted octanol–water partition coefficient (Wildman–Crippen LogP) is 2.09. The van der Waals surface area contributed by atoms with Crippen molar-refractivity contribution in [1.82, 2.24) is 10.6 Å². The highest BCUT2D eigenvalue weighted by atomic mass is 16.5. The number of ether oxygens (including phenoxy) is 1. The van der Waals surface area contributed by atoms with Crippen LogP contribution in [0.15, 0.2) is 0 Å². The SMILES string of the molecule is CCNC1COCC1C(=O)N[C@@H](C)C1CCCCCC1. The first kappa shape index (κ1) is 15.8. The van der Waals surface area contributed by atoms with Gasteiger partial charge in [-0.15, -0.1) is 0 Å². The lowest BCUT2D eigenvalue weighted by atomic mass is 9.92. The van der Waals surface area contributed by atoms with Gasteiger partial charge in [0.15, 0.2) is 0 Å². The molecule has 4 heteroatoms. The molecule has 20 heavy (non-hydrogen) atoms. The molecule has 2 N–H and O–H groups in total. The summed E-state index contributed by atoms with van der Waals surface area (Å²) in [6.45, 7) is 6.34. The zero-order chi connectivity index (χ0) is 14.4. The molecular weight excluding hydrogens is 252 g/mol. The summed E-state index contributed by atoms with van der Waals surface area (Å²) >= 11 is 0. The summed E-state index contributed by atoms with van der Waals surface area (Å²) in [6, 6.07) is 0.477. The summed E-state index contributed by atoms with van der Waals surface area (Å²) in [5.74, 6) is 0.801. The van der Waals surface area contributed by atoms with Gasteiger partial charge in [-0.3, -0.25) is 4.79 Å². The highest BCUT2D eigenvalue weighted by molar-refractivity contribution is 5.80. The first-order valence-electron chi connectivity index (χ1n) is 8.34. The van der Waals surface area contributed by atoms with Crippen LogP contribution in [-0.4, -0.2) is 37.7 Å². The Hall–Kier alpha value is -0.610. The van der Waals surface area contributed by atoms with E-state index in [0.717, 1.165) is 6.54 Å². The van der Waals surface area contributed by atoms with Gasteiger partial charge in [-0.1, -0.05) is 32.6 Å². The smallest absolute Gasteiger partial charge is 0.227 e. The largest absolute Gasteiger partial charge is 0.379 e. The first-order valence-corrected chi connectivity index (χ1v) is 8.34. The number of carbonyl (C=O) groups excluding carboxylic acids is 1. The van der Waals surface area contributed by atoms with Crippen molar-refractivity contribution in [2.45, 2.75) is 64.5 Å². The fourth-order valence-corrected chi connectivity index (χ4v) is 3.54. The Morgan fingerprint density at radius 2 is 1.90 bits per heavy atom. The van der Waals surface area contributed by atoms with E-state index in [2.05, 4.69) is 24.5 Å². The zero-order valence-corrected chi connectivity index (χ0v) is 13.0. The van der Waals surface area contributed by atoms with E-state index in [0.29, 0.717) is 25.2 Å². The Balaban J connectivity index is 1.83. The number of rotatable bonds is 5. The summed E-state index contributed by atoms with van der Waals surface area (Å²) in [5.41, 5.74) is 0. The standard InChI is InChI=1S/C16H30N2O2/c1-3-17-15-11-20-10-14(15)16(19)18-12(2)13-8-6-4-5-7-9-13/h12-15,17H,3-11H2,1-2H3,(H,18,19)/t12-,14?,15?/m0/s1. The van der Waals surface area contributed by atoms with Crippen molar-refractivity contribution in [2.24, 2.45) is 11.8 Å². The monoisotopic (exact) mass is 282 g/mol. The van der Waals surface area contributed by atoms with Gasteiger partial charge in [-0.05, 0) is 32.2 Å². The van der Waals surface area contributed by atoms with Crippen LogP contribution in [0.3, 0.4) is 0 Å². The van der Waals surface area contributed by atoms with E-state index in [1.54, 1.807) is 0 Å². The minimum absolute atomic E-state index is 0.0248. The van der Waals surface area contributed by atoms with Gasteiger partial charge < -0.3 is 15.4 Å². The predicted molar refractivity (Wildman–Crippen MR) is 80.6 cm³/mol. The number of hydrogen-bond acceptors (Lipinski definition) is 3. The third-order valence-electron chi connectivity index (χ3n) is 4.86. The van der Waals surface area contributed by atoms with Crippen molar-refractivity contribution in [3.8, 4) is 0 Å². The highest BCUT2D eigenvalue weighted by Gasteiger charge is 2.34. The summed E-state index contributed by atoms with van der Waals surface area (Å²) in [7, 11) is 0. The number of nitrogens with one attached hydrogen (secondary N) is 2. The molecule has 2 rings (SSSR count). The Labute approximate surface area is 123 Å². The first-order chi connectivity index (χ1) is 9.72. The molecule has 2 unspecified atom stereocenters. The number of amides is 1. The Morgan fingerprint density at radius 1 is 1.20 bits per heavy atom. The van der Waals surface area contributed by atoms with Gasteiger partial charge in [0.05, 0.1) is 19.1 Å². The van der Waals surface area contributed by atoms with Crippen LogP contribution in [0.1, 0.15) is 52.4 Å². The maximum absolute atomic E-state index is 12.4. The quantitative estimate of drug-likeness (QED) is 0.759. The van der Waals surface area contributed by atoms with Crippen LogP contribution in [0.4, 0.5) is 0 Å². The molecule has 4 nitrogen and oxygen atoms in total. The third kappa shape index (κ3) is 4.19. The molecular formula is C16H30N2O2. The molecule has 1 aliphatic carbocycles. The summed E-state index contributed by atoms with van der Waals surface area (Å²) in [5, 5.41) is 6.60. The summed E-state index contributed by atoms with van der Waals surface area (Å²) in [6.07, 6.45) is 7.87. The van der Waals surface area contributed by atoms with E-state index in [1.165, 1.54) is 38.5 Å². The van der Waals surface area contributed by atoms with Gasteiger partial charge in [0.2, 0.25) is 5.91 Å².